The van der Waals surface area contributed by atoms with Crippen molar-refractivity contribution in [2.24, 2.45) is 0 Å². The van der Waals surface area contributed by atoms with Crippen LogP contribution in [0.4, 0.5) is 14.5 Å². The number of aliphatic hydroxyl groups is 1. The van der Waals surface area contributed by atoms with Crippen molar-refractivity contribution in [1.29, 1.82) is 0 Å². The van der Waals surface area contributed by atoms with Crippen molar-refractivity contribution in [3.63, 3.8) is 0 Å². The zero-order valence-corrected chi connectivity index (χ0v) is 17.7. The number of rotatable bonds is 4. The van der Waals surface area contributed by atoms with Gasteiger partial charge in [0, 0.05) is 16.8 Å². The van der Waals surface area contributed by atoms with Crippen molar-refractivity contribution in [2.75, 3.05) is 12.0 Å². The average Bonchev–Trinajstić information content (AvgIpc) is 3.36. The van der Waals surface area contributed by atoms with Gasteiger partial charge in [-0.3, -0.25) is 14.5 Å². The molecule has 1 fully saturated rings. The zero-order valence-electron chi connectivity index (χ0n) is 16.2. The number of anilines is 1. The van der Waals surface area contributed by atoms with Crippen molar-refractivity contribution in [2.45, 2.75) is 6.04 Å². The molecule has 32 heavy (non-hydrogen) atoms. The van der Waals surface area contributed by atoms with Gasteiger partial charge < -0.3 is 14.3 Å². The van der Waals surface area contributed by atoms with Gasteiger partial charge in [-0.1, -0.05) is 23.2 Å². The highest BCUT2D eigenvalue weighted by Gasteiger charge is 2.48. The number of methoxy groups -OCH3 is 1. The fourth-order valence-corrected chi connectivity index (χ4v) is 4.11. The highest BCUT2D eigenvalue weighted by Crippen LogP contribution is 2.45. The van der Waals surface area contributed by atoms with Gasteiger partial charge in [-0.15, -0.1) is 0 Å². The molecule has 1 amide bonds. The van der Waals surface area contributed by atoms with E-state index in [1.54, 1.807) is 0 Å². The number of ketones is 1. The van der Waals surface area contributed by atoms with Gasteiger partial charge in [0.2, 0.25) is 0 Å². The van der Waals surface area contributed by atoms with Crippen LogP contribution in [0.15, 0.2) is 58.7 Å². The predicted molar refractivity (Wildman–Crippen MR) is 113 cm³/mol. The van der Waals surface area contributed by atoms with Gasteiger partial charge in [0.15, 0.2) is 11.6 Å². The average molecular weight is 480 g/mol. The van der Waals surface area contributed by atoms with E-state index in [4.69, 9.17) is 32.4 Å². The van der Waals surface area contributed by atoms with E-state index in [-0.39, 0.29) is 38.4 Å². The Morgan fingerprint density at radius 2 is 1.88 bits per heavy atom. The van der Waals surface area contributed by atoms with Crippen LogP contribution in [0.2, 0.25) is 10.0 Å². The minimum absolute atomic E-state index is 0.0192. The van der Waals surface area contributed by atoms with Crippen LogP contribution in [-0.4, -0.2) is 23.9 Å². The van der Waals surface area contributed by atoms with E-state index in [1.165, 1.54) is 37.6 Å². The summed E-state index contributed by atoms with van der Waals surface area (Å²) in [7, 11) is 1.30. The summed E-state index contributed by atoms with van der Waals surface area (Å²) >= 11 is 12.2. The molecule has 0 bridgehead atoms. The van der Waals surface area contributed by atoms with Crippen LogP contribution in [0.3, 0.4) is 0 Å². The first-order chi connectivity index (χ1) is 15.2. The number of hydrogen-bond acceptors (Lipinski definition) is 5. The first-order valence-corrected chi connectivity index (χ1v) is 9.83. The Labute approximate surface area is 190 Å². The van der Waals surface area contributed by atoms with E-state index in [0.717, 1.165) is 23.1 Å². The molecule has 0 radical (unpaired) electrons. The second kappa shape index (κ2) is 8.29. The van der Waals surface area contributed by atoms with Crippen LogP contribution in [-0.2, 0) is 9.59 Å². The molecule has 1 atom stereocenters. The Morgan fingerprint density at radius 3 is 2.50 bits per heavy atom. The number of furan rings is 1. The van der Waals surface area contributed by atoms with Crippen molar-refractivity contribution >= 4 is 46.3 Å². The fourth-order valence-electron chi connectivity index (χ4n) is 3.54. The van der Waals surface area contributed by atoms with E-state index in [9.17, 15) is 23.5 Å². The summed E-state index contributed by atoms with van der Waals surface area (Å²) in [5.41, 5.74) is -0.515. The molecule has 1 unspecified atom stereocenters. The lowest BCUT2D eigenvalue weighted by atomic mass is 9.98. The number of hydrogen-bond donors (Lipinski definition) is 1. The van der Waals surface area contributed by atoms with Crippen molar-refractivity contribution < 1.29 is 32.6 Å². The van der Waals surface area contributed by atoms with Crippen LogP contribution < -0.4 is 9.64 Å². The van der Waals surface area contributed by atoms with E-state index in [2.05, 4.69) is 0 Å². The largest absolute Gasteiger partial charge is 0.507 e. The van der Waals surface area contributed by atoms with Gasteiger partial charge in [-0.25, -0.2) is 8.78 Å². The summed E-state index contributed by atoms with van der Waals surface area (Å²) in [5, 5.41) is 11.3. The van der Waals surface area contributed by atoms with Crippen molar-refractivity contribution in [3.8, 4) is 5.75 Å². The van der Waals surface area contributed by atoms with Crippen molar-refractivity contribution in [3.05, 3.63) is 87.3 Å². The second-order valence-electron chi connectivity index (χ2n) is 6.75. The third kappa shape index (κ3) is 3.51. The van der Waals surface area contributed by atoms with Crippen LogP contribution in [0.5, 0.6) is 5.75 Å². The van der Waals surface area contributed by atoms with Gasteiger partial charge in [0.25, 0.3) is 11.7 Å². The third-order valence-electron chi connectivity index (χ3n) is 4.91. The van der Waals surface area contributed by atoms with Gasteiger partial charge in [0.1, 0.15) is 23.3 Å². The maximum Gasteiger partial charge on any atom is 0.300 e. The quantitative estimate of drug-likeness (QED) is 0.303. The summed E-state index contributed by atoms with van der Waals surface area (Å²) in [4.78, 5) is 26.8. The Balaban J connectivity index is 1.99. The molecule has 0 aliphatic carbocycles. The first-order valence-electron chi connectivity index (χ1n) is 9.07. The summed E-state index contributed by atoms with van der Waals surface area (Å²) in [6, 6.07) is 7.12. The lowest BCUT2D eigenvalue weighted by molar-refractivity contribution is -0.132. The third-order valence-corrected chi connectivity index (χ3v) is 5.41. The topological polar surface area (TPSA) is 80.0 Å². The van der Waals surface area contributed by atoms with E-state index < -0.39 is 35.1 Å². The predicted octanol–water partition coefficient (Wildman–Crippen LogP) is 5.50. The molecule has 10 heteroatoms. The van der Waals surface area contributed by atoms with Crippen LogP contribution >= 0.6 is 23.2 Å². The molecule has 0 spiro atoms. The number of carbonyl (C=O) groups is 2. The maximum absolute atomic E-state index is 13.9. The molecule has 1 aromatic heterocycles. The van der Waals surface area contributed by atoms with E-state index >= 15 is 0 Å². The minimum Gasteiger partial charge on any atom is -0.507 e. The lowest BCUT2D eigenvalue weighted by Gasteiger charge is -2.23. The Bertz CT molecular complexity index is 1270. The molecule has 1 N–H and O–H groups in total. The van der Waals surface area contributed by atoms with Crippen LogP contribution in [0.25, 0.3) is 5.76 Å². The Morgan fingerprint density at radius 1 is 1.12 bits per heavy atom. The maximum atomic E-state index is 13.9. The number of carbonyl (C=O) groups excluding carboxylic acids is 2. The van der Waals surface area contributed by atoms with E-state index in [1.807, 2.05) is 0 Å². The normalized spacial score (nSPS) is 17.8. The SMILES string of the molecule is COc1c(Cl)cc(Cl)cc1/C(O)=C1/C(=O)C(=O)N(c2ccc(F)c(F)c2)C1c1ccco1. The molecule has 4 rings (SSSR count). The highest BCUT2D eigenvalue weighted by atomic mass is 35.5. The number of nitrogens with zero attached hydrogens (tertiary/aromatic N) is 1. The molecule has 2 heterocycles. The summed E-state index contributed by atoms with van der Waals surface area (Å²) in [5.74, 6) is -5.01. The number of amides is 1. The smallest absolute Gasteiger partial charge is 0.300 e. The van der Waals surface area contributed by atoms with Gasteiger partial charge >= 0.3 is 0 Å². The number of ether oxygens (including phenoxy) is 1. The number of halogens is 4. The van der Waals surface area contributed by atoms with Gasteiger partial charge in [-0.05, 0) is 36.4 Å². The van der Waals surface area contributed by atoms with Crippen molar-refractivity contribution in [1.82, 2.24) is 0 Å². The molecule has 1 aliphatic rings. The van der Waals surface area contributed by atoms with Gasteiger partial charge in [0.05, 0.1) is 29.5 Å². The number of Topliss-reactive ketones (excluding diaryl/α,β-unsaturated/α-hetero) is 1. The van der Waals surface area contributed by atoms with Crippen LogP contribution in [0, 0.1) is 11.6 Å². The number of benzene rings is 2. The Hall–Kier alpha value is -3.36. The zero-order chi connectivity index (χ0) is 23.2. The van der Waals surface area contributed by atoms with E-state index in [0.29, 0.717) is 0 Å². The Kier molecular flexibility index (Phi) is 5.66. The fraction of sp³-hybridized carbons (Fsp3) is 0.0909. The molecule has 3 aromatic rings. The molecule has 164 valence electrons. The standard InChI is InChI=1S/C22H13Cl2F2NO5/c1-31-21-12(7-10(23)8-13(21)24)19(28)17-18(16-3-2-6-32-16)27(22(30)20(17)29)11-4-5-14(25)15(26)9-11/h2-9,18,28H,1H3/b19-17-. The highest BCUT2D eigenvalue weighted by molar-refractivity contribution is 6.51. The van der Waals surface area contributed by atoms with Gasteiger partial charge in [-0.2, -0.15) is 0 Å². The monoisotopic (exact) mass is 479 g/mol. The van der Waals surface area contributed by atoms with Crippen LogP contribution in [0.1, 0.15) is 17.4 Å². The molecule has 0 saturated carbocycles. The summed E-state index contributed by atoms with van der Waals surface area (Å²) in [6.45, 7) is 0. The summed E-state index contributed by atoms with van der Waals surface area (Å²) < 4.78 is 38.0. The molecule has 2 aromatic carbocycles. The molecular formula is C22H13Cl2F2NO5. The lowest BCUT2D eigenvalue weighted by Crippen LogP contribution is -2.29. The molecule has 6 nitrogen and oxygen atoms in total. The number of aliphatic hydroxyl groups excluding tert-OH is 1. The summed E-state index contributed by atoms with van der Waals surface area (Å²) in [6.07, 6.45) is 1.30. The molecule has 1 aliphatic heterocycles. The first kappa shape index (κ1) is 21.9. The minimum atomic E-state index is -1.28. The second-order valence-corrected chi connectivity index (χ2v) is 7.59. The molecular weight excluding hydrogens is 467 g/mol. The molecule has 1 saturated heterocycles.